The third kappa shape index (κ3) is 6.51. The molecule has 3 aromatic carbocycles. The highest BCUT2D eigenvalue weighted by molar-refractivity contribution is 8.18. The topological polar surface area (TPSA) is 69.2 Å². The van der Waals surface area contributed by atoms with Crippen molar-refractivity contribution >= 4 is 57.8 Å². The number of thioether (sulfide) groups is 1. The van der Waals surface area contributed by atoms with E-state index in [2.05, 4.69) is 10.3 Å². The molecule has 1 amide bonds. The summed E-state index contributed by atoms with van der Waals surface area (Å²) < 4.78 is 16.8. The van der Waals surface area contributed by atoms with Crippen LogP contribution in [-0.4, -0.2) is 24.8 Å². The van der Waals surface area contributed by atoms with Crippen molar-refractivity contribution in [1.82, 2.24) is 5.32 Å². The molecule has 180 valence electrons. The maximum Gasteiger partial charge on any atom is 0.264 e. The molecule has 0 spiro atoms. The Morgan fingerprint density at radius 1 is 1.00 bits per heavy atom. The zero-order chi connectivity index (χ0) is 24.8. The van der Waals surface area contributed by atoms with Crippen LogP contribution in [0.5, 0.6) is 17.2 Å². The molecule has 0 aromatic heterocycles. The van der Waals surface area contributed by atoms with E-state index in [0.29, 0.717) is 38.2 Å². The third-order valence-electron chi connectivity index (χ3n) is 4.91. The molecule has 0 atom stereocenters. The van der Waals surface area contributed by atoms with Gasteiger partial charge in [0.15, 0.2) is 16.7 Å². The van der Waals surface area contributed by atoms with Crippen LogP contribution in [0, 0.1) is 0 Å². The van der Waals surface area contributed by atoms with Crippen molar-refractivity contribution in [3.05, 3.63) is 86.7 Å². The molecule has 6 nitrogen and oxygen atoms in total. The number of rotatable bonds is 8. The number of amides is 1. The summed E-state index contributed by atoms with van der Waals surface area (Å²) in [5.41, 5.74) is 2.32. The van der Waals surface area contributed by atoms with Gasteiger partial charge in [-0.2, -0.15) is 0 Å². The number of aliphatic imine (C=N–C) groups is 1. The molecule has 0 radical (unpaired) electrons. The highest BCUT2D eigenvalue weighted by Crippen LogP contribution is 2.33. The molecule has 3 aromatic rings. The average Bonchev–Trinajstić information content (AvgIpc) is 3.18. The van der Waals surface area contributed by atoms with Gasteiger partial charge < -0.3 is 19.5 Å². The first-order chi connectivity index (χ1) is 16.9. The minimum atomic E-state index is -0.212. The summed E-state index contributed by atoms with van der Waals surface area (Å²) in [5.74, 6) is 1.66. The first-order valence-corrected chi connectivity index (χ1v) is 12.3. The van der Waals surface area contributed by atoms with E-state index in [1.54, 1.807) is 37.5 Å². The van der Waals surface area contributed by atoms with Gasteiger partial charge in [-0.1, -0.05) is 35.3 Å². The normalized spacial score (nSPS) is 15.4. The van der Waals surface area contributed by atoms with E-state index in [9.17, 15) is 4.79 Å². The maximum absolute atomic E-state index is 12.5. The summed E-state index contributed by atoms with van der Waals surface area (Å²) in [4.78, 5) is 17.5. The fourth-order valence-corrected chi connectivity index (χ4v) is 4.53. The van der Waals surface area contributed by atoms with E-state index in [-0.39, 0.29) is 12.5 Å². The number of nitrogens with one attached hydrogen (secondary N) is 1. The third-order valence-corrected chi connectivity index (χ3v) is 6.41. The molecule has 1 N–H and O–H groups in total. The molecular weight excluding hydrogens is 507 g/mol. The zero-order valence-electron chi connectivity index (χ0n) is 19.0. The van der Waals surface area contributed by atoms with Gasteiger partial charge in [0.25, 0.3) is 5.91 Å². The lowest BCUT2D eigenvalue weighted by molar-refractivity contribution is -0.115. The van der Waals surface area contributed by atoms with Crippen molar-refractivity contribution in [3.63, 3.8) is 0 Å². The Bertz CT molecular complexity index is 1290. The monoisotopic (exact) mass is 528 g/mol. The Kier molecular flexibility index (Phi) is 8.23. The maximum atomic E-state index is 12.5. The summed E-state index contributed by atoms with van der Waals surface area (Å²) in [5, 5.41) is 4.41. The Labute approximate surface area is 217 Å². The Morgan fingerprint density at radius 2 is 1.80 bits per heavy atom. The molecule has 1 saturated heterocycles. The number of amidine groups is 1. The molecule has 35 heavy (non-hydrogen) atoms. The van der Waals surface area contributed by atoms with Crippen molar-refractivity contribution in [1.29, 1.82) is 0 Å². The van der Waals surface area contributed by atoms with Crippen molar-refractivity contribution in [3.8, 4) is 17.2 Å². The van der Waals surface area contributed by atoms with Crippen molar-refractivity contribution in [2.45, 2.75) is 13.5 Å². The predicted octanol–water partition coefficient (Wildman–Crippen LogP) is 6.87. The van der Waals surface area contributed by atoms with E-state index < -0.39 is 0 Å². The fourth-order valence-electron chi connectivity index (χ4n) is 3.22. The summed E-state index contributed by atoms with van der Waals surface area (Å²) in [6.07, 6.45) is 1.78. The molecule has 1 fully saturated rings. The number of hydrogen-bond donors (Lipinski definition) is 1. The van der Waals surface area contributed by atoms with E-state index in [0.717, 1.165) is 22.6 Å². The van der Waals surface area contributed by atoms with Gasteiger partial charge in [0.1, 0.15) is 12.4 Å². The number of nitrogens with zero attached hydrogens (tertiary/aromatic N) is 1. The Morgan fingerprint density at radius 3 is 2.51 bits per heavy atom. The van der Waals surface area contributed by atoms with E-state index in [1.165, 1.54) is 11.8 Å². The lowest BCUT2D eigenvalue weighted by Crippen LogP contribution is -2.19. The second-order valence-corrected chi connectivity index (χ2v) is 9.22. The Balaban J connectivity index is 1.46. The molecule has 0 bridgehead atoms. The Hall–Kier alpha value is -3.13. The van der Waals surface area contributed by atoms with E-state index >= 15 is 0 Å². The number of carbonyl (C=O) groups excluding carboxylic acids is 1. The highest BCUT2D eigenvalue weighted by Gasteiger charge is 2.24. The van der Waals surface area contributed by atoms with Gasteiger partial charge in [0.05, 0.1) is 24.3 Å². The van der Waals surface area contributed by atoms with Gasteiger partial charge in [-0.25, -0.2) is 4.99 Å². The van der Waals surface area contributed by atoms with E-state index in [1.807, 2.05) is 43.3 Å². The van der Waals surface area contributed by atoms with Gasteiger partial charge >= 0.3 is 0 Å². The zero-order valence-corrected chi connectivity index (χ0v) is 21.3. The molecule has 0 unspecified atom stereocenters. The predicted molar refractivity (Wildman–Crippen MR) is 142 cm³/mol. The lowest BCUT2D eigenvalue weighted by atomic mass is 10.2. The fraction of sp³-hybridized carbons (Fsp3) is 0.154. The summed E-state index contributed by atoms with van der Waals surface area (Å²) in [6, 6.07) is 18.1. The largest absolute Gasteiger partial charge is 0.494 e. The number of halogens is 2. The van der Waals surface area contributed by atoms with Gasteiger partial charge in [0.2, 0.25) is 0 Å². The van der Waals surface area contributed by atoms with Gasteiger partial charge in [-0.3, -0.25) is 4.79 Å². The summed E-state index contributed by atoms with van der Waals surface area (Å²) in [7, 11) is 1.56. The van der Waals surface area contributed by atoms with Gasteiger partial charge in [-0.15, -0.1) is 0 Å². The number of benzene rings is 3. The summed E-state index contributed by atoms with van der Waals surface area (Å²) >= 11 is 13.5. The smallest absolute Gasteiger partial charge is 0.264 e. The molecule has 0 aliphatic carbocycles. The number of hydrogen-bond acceptors (Lipinski definition) is 6. The SMILES string of the molecule is CCOc1ccc(N=C2NC(=O)/C(=C/c3ccc(OCc4ccc(Cl)cc4Cl)c(OC)c3)S2)cc1. The van der Waals surface area contributed by atoms with Crippen LogP contribution in [0.4, 0.5) is 5.69 Å². The van der Waals surface area contributed by atoms with Crippen LogP contribution in [-0.2, 0) is 11.4 Å². The van der Waals surface area contributed by atoms with Crippen LogP contribution in [0.3, 0.4) is 0 Å². The number of carbonyl (C=O) groups is 1. The quantitative estimate of drug-likeness (QED) is 0.323. The molecule has 4 rings (SSSR count). The average molecular weight is 529 g/mol. The van der Waals surface area contributed by atoms with Crippen molar-refractivity contribution in [2.75, 3.05) is 13.7 Å². The number of methoxy groups -OCH3 is 1. The molecular formula is C26H22Cl2N2O4S. The van der Waals surface area contributed by atoms with Gasteiger partial charge in [-0.05, 0) is 78.9 Å². The highest BCUT2D eigenvalue weighted by atomic mass is 35.5. The van der Waals surface area contributed by atoms with Crippen LogP contribution in [0.15, 0.2) is 70.6 Å². The number of ether oxygens (including phenoxy) is 3. The second kappa shape index (κ2) is 11.5. The van der Waals surface area contributed by atoms with Crippen molar-refractivity contribution < 1.29 is 19.0 Å². The van der Waals surface area contributed by atoms with E-state index in [4.69, 9.17) is 37.4 Å². The van der Waals surface area contributed by atoms with Crippen molar-refractivity contribution in [2.24, 2.45) is 4.99 Å². The summed E-state index contributed by atoms with van der Waals surface area (Å²) in [6.45, 7) is 2.79. The lowest BCUT2D eigenvalue weighted by Gasteiger charge is -2.12. The first kappa shape index (κ1) is 25.0. The first-order valence-electron chi connectivity index (χ1n) is 10.7. The van der Waals surface area contributed by atoms with Crippen LogP contribution < -0.4 is 19.5 Å². The molecule has 1 heterocycles. The van der Waals surface area contributed by atoms with Crippen LogP contribution in [0.1, 0.15) is 18.1 Å². The van der Waals surface area contributed by atoms with Crippen LogP contribution in [0.25, 0.3) is 6.08 Å². The van der Waals surface area contributed by atoms with Crippen LogP contribution in [0.2, 0.25) is 10.0 Å². The standard InChI is InChI=1S/C26H22Cl2N2O4S/c1-3-33-20-9-7-19(8-10-20)29-26-30-25(31)24(35-26)13-16-4-11-22(23(12-16)32-2)34-15-17-5-6-18(27)14-21(17)28/h4-14H,3,15H2,1-2H3,(H,29,30,31)/b24-13-. The van der Waals surface area contributed by atoms with Gasteiger partial charge in [0, 0.05) is 15.6 Å². The van der Waals surface area contributed by atoms with Crippen LogP contribution >= 0.6 is 35.0 Å². The molecule has 1 aliphatic heterocycles. The minimum absolute atomic E-state index is 0.212. The molecule has 0 saturated carbocycles. The minimum Gasteiger partial charge on any atom is -0.494 e. The second-order valence-electron chi connectivity index (χ2n) is 7.34. The molecule has 1 aliphatic rings. The molecule has 9 heteroatoms.